The van der Waals surface area contributed by atoms with Gasteiger partial charge in [-0.3, -0.25) is 4.79 Å². The predicted octanol–water partition coefficient (Wildman–Crippen LogP) is 1.06. The first kappa shape index (κ1) is 11.3. The van der Waals surface area contributed by atoms with Crippen molar-refractivity contribution in [3.63, 3.8) is 0 Å². The standard InChI is InChI=1S/C12H13N3O2/c13-7-9-1-3-10(4-2-9)12(16)14-8-11-5-6-15-17-11/h1-6H,7-8,13H2,(H,14,16). The number of benzene rings is 1. The Labute approximate surface area is 98.6 Å². The first-order chi connectivity index (χ1) is 8.29. The average Bonchev–Trinajstić information content (AvgIpc) is 2.89. The van der Waals surface area contributed by atoms with Crippen molar-refractivity contribution in [2.24, 2.45) is 5.73 Å². The van der Waals surface area contributed by atoms with Crippen molar-refractivity contribution in [1.29, 1.82) is 0 Å². The summed E-state index contributed by atoms with van der Waals surface area (Å²) in [5.41, 5.74) is 7.07. The van der Waals surface area contributed by atoms with Crippen LogP contribution in [0.4, 0.5) is 0 Å². The van der Waals surface area contributed by atoms with Crippen LogP contribution in [-0.4, -0.2) is 11.1 Å². The summed E-state index contributed by atoms with van der Waals surface area (Å²) in [6.07, 6.45) is 1.54. The molecule has 0 unspecified atom stereocenters. The zero-order valence-electron chi connectivity index (χ0n) is 9.22. The van der Waals surface area contributed by atoms with E-state index in [1.165, 1.54) is 6.20 Å². The van der Waals surface area contributed by atoms with E-state index in [-0.39, 0.29) is 5.91 Å². The Morgan fingerprint density at radius 2 is 2.06 bits per heavy atom. The number of rotatable bonds is 4. The van der Waals surface area contributed by atoms with E-state index in [0.29, 0.717) is 24.4 Å². The maximum atomic E-state index is 11.7. The van der Waals surface area contributed by atoms with E-state index in [2.05, 4.69) is 10.5 Å². The molecule has 0 bridgehead atoms. The highest BCUT2D eigenvalue weighted by Crippen LogP contribution is 2.04. The number of hydrogen-bond donors (Lipinski definition) is 2. The van der Waals surface area contributed by atoms with Crippen LogP contribution in [0.3, 0.4) is 0 Å². The van der Waals surface area contributed by atoms with Gasteiger partial charge >= 0.3 is 0 Å². The molecule has 0 fully saturated rings. The molecule has 2 rings (SSSR count). The molecule has 0 atom stereocenters. The number of aromatic nitrogens is 1. The molecule has 2 aromatic rings. The predicted molar refractivity (Wildman–Crippen MR) is 62.0 cm³/mol. The van der Waals surface area contributed by atoms with Crippen LogP contribution in [0.2, 0.25) is 0 Å². The number of nitrogens with two attached hydrogens (primary N) is 1. The molecule has 0 saturated carbocycles. The molecule has 0 radical (unpaired) electrons. The number of carbonyl (C=O) groups is 1. The second-order valence-electron chi connectivity index (χ2n) is 3.56. The van der Waals surface area contributed by atoms with E-state index < -0.39 is 0 Å². The topological polar surface area (TPSA) is 81.2 Å². The summed E-state index contributed by atoms with van der Waals surface area (Å²) in [4.78, 5) is 11.7. The molecule has 3 N–H and O–H groups in total. The summed E-state index contributed by atoms with van der Waals surface area (Å²) in [5.74, 6) is 0.474. The lowest BCUT2D eigenvalue weighted by molar-refractivity contribution is 0.0947. The van der Waals surface area contributed by atoms with Gasteiger partial charge in [0.2, 0.25) is 0 Å². The minimum atomic E-state index is -0.148. The average molecular weight is 231 g/mol. The Kier molecular flexibility index (Phi) is 3.52. The fourth-order valence-electron chi connectivity index (χ4n) is 1.39. The summed E-state index contributed by atoms with van der Waals surface area (Å²) in [5, 5.41) is 6.29. The zero-order chi connectivity index (χ0) is 12.1. The van der Waals surface area contributed by atoms with Gasteiger partial charge in [-0.2, -0.15) is 0 Å². The molecule has 88 valence electrons. The van der Waals surface area contributed by atoms with Gasteiger partial charge in [0.25, 0.3) is 5.91 Å². The maximum absolute atomic E-state index is 11.7. The van der Waals surface area contributed by atoms with Crippen molar-refractivity contribution < 1.29 is 9.32 Å². The monoisotopic (exact) mass is 231 g/mol. The van der Waals surface area contributed by atoms with Gasteiger partial charge in [-0.15, -0.1) is 0 Å². The lowest BCUT2D eigenvalue weighted by Crippen LogP contribution is -2.22. The van der Waals surface area contributed by atoms with E-state index in [9.17, 15) is 4.79 Å². The van der Waals surface area contributed by atoms with Crippen LogP contribution in [0.15, 0.2) is 41.1 Å². The normalized spacial score (nSPS) is 10.2. The fourth-order valence-corrected chi connectivity index (χ4v) is 1.39. The molecule has 17 heavy (non-hydrogen) atoms. The van der Waals surface area contributed by atoms with Crippen molar-refractivity contribution >= 4 is 5.91 Å². The van der Waals surface area contributed by atoms with Crippen LogP contribution in [0.5, 0.6) is 0 Å². The molecule has 0 spiro atoms. The van der Waals surface area contributed by atoms with Crippen LogP contribution in [0, 0.1) is 0 Å². The van der Waals surface area contributed by atoms with Gasteiger partial charge in [0.1, 0.15) is 0 Å². The second-order valence-corrected chi connectivity index (χ2v) is 3.56. The molecular weight excluding hydrogens is 218 g/mol. The number of hydrogen-bond acceptors (Lipinski definition) is 4. The molecule has 1 amide bonds. The fraction of sp³-hybridized carbons (Fsp3) is 0.167. The smallest absolute Gasteiger partial charge is 0.251 e. The molecule has 5 heteroatoms. The van der Waals surface area contributed by atoms with Gasteiger partial charge in [-0.25, -0.2) is 0 Å². The van der Waals surface area contributed by atoms with E-state index in [1.54, 1.807) is 18.2 Å². The maximum Gasteiger partial charge on any atom is 0.251 e. The minimum absolute atomic E-state index is 0.148. The first-order valence-electron chi connectivity index (χ1n) is 5.26. The summed E-state index contributed by atoms with van der Waals surface area (Å²) in [7, 11) is 0. The zero-order valence-corrected chi connectivity index (χ0v) is 9.22. The summed E-state index contributed by atoms with van der Waals surface area (Å²) >= 11 is 0. The Hall–Kier alpha value is -2.14. The van der Waals surface area contributed by atoms with Crippen LogP contribution in [-0.2, 0) is 13.1 Å². The van der Waals surface area contributed by atoms with Gasteiger partial charge in [0, 0.05) is 18.2 Å². The SMILES string of the molecule is NCc1ccc(C(=O)NCc2ccno2)cc1. The molecule has 1 heterocycles. The Morgan fingerprint density at radius 1 is 1.29 bits per heavy atom. The number of nitrogens with one attached hydrogen (secondary N) is 1. The van der Waals surface area contributed by atoms with Crippen molar-refractivity contribution in [2.75, 3.05) is 0 Å². The number of nitrogens with zero attached hydrogens (tertiary/aromatic N) is 1. The van der Waals surface area contributed by atoms with Gasteiger partial charge in [-0.1, -0.05) is 17.3 Å². The Balaban J connectivity index is 1.95. The lowest BCUT2D eigenvalue weighted by atomic mass is 10.1. The first-order valence-corrected chi connectivity index (χ1v) is 5.26. The molecule has 1 aromatic heterocycles. The second kappa shape index (κ2) is 5.27. The molecule has 1 aromatic carbocycles. The van der Waals surface area contributed by atoms with Crippen LogP contribution < -0.4 is 11.1 Å². The molecule has 5 nitrogen and oxygen atoms in total. The van der Waals surface area contributed by atoms with Crippen LogP contribution in [0.1, 0.15) is 21.7 Å². The molecule has 0 aliphatic rings. The van der Waals surface area contributed by atoms with Gasteiger partial charge in [0.05, 0.1) is 12.7 Å². The lowest BCUT2D eigenvalue weighted by Gasteiger charge is -2.03. The highest BCUT2D eigenvalue weighted by Gasteiger charge is 2.05. The molecular formula is C12H13N3O2. The third-order valence-corrected chi connectivity index (χ3v) is 2.37. The van der Waals surface area contributed by atoms with Crippen molar-refractivity contribution in [3.8, 4) is 0 Å². The minimum Gasteiger partial charge on any atom is -0.360 e. The number of carbonyl (C=O) groups excluding carboxylic acids is 1. The third-order valence-electron chi connectivity index (χ3n) is 2.37. The summed E-state index contributed by atoms with van der Waals surface area (Å²) < 4.78 is 4.88. The van der Waals surface area contributed by atoms with E-state index in [0.717, 1.165) is 5.56 Å². The highest BCUT2D eigenvalue weighted by atomic mass is 16.5. The van der Waals surface area contributed by atoms with Gasteiger partial charge in [0.15, 0.2) is 5.76 Å². The number of amides is 1. The van der Waals surface area contributed by atoms with Crippen molar-refractivity contribution in [2.45, 2.75) is 13.1 Å². The van der Waals surface area contributed by atoms with Gasteiger partial charge < -0.3 is 15.6 Å². The summed E-state index contributed by atoms with van der Waals surface area (Å²) in [6.45, 7) is 0.803. The van der Waals surface area contributed by atoms with Crippen molar-refractivity contribution in [1.82, 2.24) is 10.5 Å². The van der Waals surface area contributed by atoms with E-state index in [1.807, 2.05) is 12.1 Å². The molecule has 0 aliphatic carbocycles. The Morgan fingerprint density at radius 3 is 2.65 bits per heavy atom. The molecule has 0 saturated heterocycles. The van der Waals surface area contributed by atoms with Crippen molar-refractivity contribution in [3.05, 3.63) is 53.4 Å². The third kappa shape index (κ3) is 2.92. The van der Waals surface area contributed by atoms with Gasteiger partial charge in [-0.05, 0) is 17.7 Å². The summed E-state index contributed by atoms with van der Waals surface area (Å²) in [6, 6.07) is 8.88. The van der Waals surface area contributed by atoms with E-state index in [4.69, 9.17) is 10.3 Å². The van der Waals surface area contributed by atoms with Crippen LogP contribution in [0.25, 0.3) is 0 Å². The van der Waals surface area contributed by atoms with Crippen LogP contribution >= 0.6 is 0 Å². The van der Waals surface area contributed by atoms with E-state index >= 15 is 0 Å². The highest BCUT2D eigenvalue weighted by molar-refractivity contribution is 5.94. The largest absolute Gasteiger partial charge is 0.360 e. The quantitative estimate of drug-likeness (QED) is 0.824. The molecule has 0 aliphatic heterocycles. The Bertz CT molecular complexity index is 477.